The third kappa shape index (κ3) is 2.60. The Bertz CT molecular complexity index is 754. The normalized spacial score (nSPS) is 15.4. The summed E-state index contributed by atoms with van der Waals surface area (Å²) in [6, 6.07) is 19.6. The molecule has 3 nitrogen and oxygen atoms in total. The lowest BCUT2D eigenvalue weighted by atomic mass is 10.2. The second-order valence-corrected chi connectivity index (χ2v) is 5.77. The fraction of sp³-hybridized carbons (Fsp3) is 0.263. The van der Waals surface area contributed by atoms with Gasteiger partial charge >= 0.3 is 0 Å². The molecule has 2 heterocycles. The molecule has 1 aliphatic heterocycles. The zero-order chi connectivity index (χ0) is 14.8. The SMILES string of the molecule is c1ccc2c(c1)ccn2Cc1ccc(N2CCOCC2)cc1. The summed E-state index contributed by atoms with van der Waals surface area (Å²) in [7, 11) is 0. The van der Waals surface area contributed by atoms with Crippen LogP contribution in [0.2, 0.25) is 0 Å². The van der Waals surface area contributed by atoms with E-state index in [4.69, 9.17) is 4.74 Å². The molecule has 0 atom stereocenters. The van der Waals surface area contributed by atoms with Crippen molar-refractivity contribution in [2.45, 2.75) is 6.54 Å². The lowest BCUT2D eigenvalue weighted by Gasteiger charge is -2.28. The topological polar surface area (TPSA) is 17.4 Å². The number of nitrogens with zero attached hydrogens (tertiary/aromatic N) is 2. The summed E-state index contributed by atoms with van der Waals surface area (Å²) in [5, 5.41) is 1.30. The number of hydrogen-bond donors (Lipinski definition) is 0. The van der Waals surface area contributed by atoms with E-state index in [9.17, 15) is 0 Å². The van der Waals surface area contributed by atoms with Crippen molar-refractivity contribution in [1.82, 2.24) is 4.57 Å². The Morgan fingerprint density at radius 1 is 0.864 bits per heavy atom. The first-order valence-corrected chi connectivity index (χ1v) is 7.86. The Labute approximate surface area is 130 Å². The first-order valence-electron chi connectivity index (χ1n) is 7.86. The average molecular weight is 292 g/mol. The van der Waals surface area contributed by atoms with Crippen LogP contribution in [0.4, 0.5) is 5.69 Å². The number of hydrogen-bond acceptors (Lipinski definition) is 2. The zero-order valence-electron chi connectivity index (χ0n) is 12.6. The van der Waals surface area contributed by atoms with Gasteiger partial charge in [0, 0.05) is 37.0 Å². The Morgan fingerprint density at radius 2 is 1.64 bits per heavy atom. The van der Waals surface area contributed by atoms with E-state index >= 15 is 0 Å². The minimum Gasteiger partial charge on any atom is -0.378 e. The highest BCUT2D eigenvalue weighted by atomic mass is 16.5. The molecule has 3 aromatic rings. The van der Waals surface area contributed by atoms with Crippen molar-refractivity contribution in [3.63, 3.8) is 0 Å². The molecular formula is C19H20N2O. The van der Waals surface area contributed by atoms with E-state index in [1.54, 1.807) is 0 Å². The van der Waals surface area contributed by atoms with Crippen LogP contribution in [0.25, 0.3) is 10.9 Å². The molecule has 0 amide bonds. The summed E-state index contributed by atoms with van der Waals surface area (Å²) < 4.78 is 7.72. The largest absolute Gasteiger partial charge is 0.378 e. The van der Waals surface area contributed by atoms with Crippen molar-refractivity contribution in [2.75, 3.05) is 31.2 Å². The van der Waals surface area contributed by atoms with E-state index in [2.05, 4.69) is 70.3 Å². The van der Waals surface area contributed by atoms with Gasteiger partial charge in [-0.3, -0.25) is 0 Å². The van der Waals surface area contributed by atoms with E-state index in [0.717, 1.165) is 32.8 Å². The third-order valence-corrected chi connectivity index (χ3v) is 4.35. The van der Waals surface area contributed by atoms with Crippen LogP contribution in [0.1, 0.15) is 5.56 Å². The van der Waals surface area contributed by atoms with E-state index < -0.39 is 0 Å². The molecule has 1 aliphatic rings. The van der Waals surface area contributed by atoms with E-state index in [1.165, 1.54) is 22.2 Å². The average Bonchev–Trinajstić information content (AvgIpc) is 3.00. The molecule has 1 saturated heterocycles. The maximum atomic E-state index is 5.41. The van der Waals surface area contributed by atoms with Crippen molar-refractivity contribution in [3.8, 4) is 0 Å². The van der Waals surface area contributed by atoms with Crippen LogP contribution in [0, 0.1) is 0 Å². The molecule has 0 unspecified atom stereocenters. The summed E-state index contributed by atoms with van der Waals surface area (Å²) in [6.07, 6.45) is 2.17. The molecule has 0 aliphatic carbocycles. The van der Waals surface area contributed by atoms with Gasteiger partial charge in [-0.05, 0) is 35.2 Å². The molecule has 0 N–H and O–H groups in total. The Kier molecular flexibility index (Phi) is 3.57. The van der Waals surface area contributed by atoms with Crippen molar-refractivity contribution in [1.29, 1.82) is 0 Å². The fourth-order valence-corrected chi connectivity index (χ4v) is 3.11. The number of aromatic nitrogens is 1. The number of ether oxygens (including phenoxy) is 1. The smallest absolute Gasteiger partial charge is 0.0642 e. The van der Waals surface area contributed by atoms with Crippen LogP contribution in [-0.4, -0.2) is 30.9 Å². The Morgan fingerprint density at radius 3 is 2.45 bits per heavy atom. The quantitative estimate of drug-likeness (QED) is 0.735. The van der Waals surface area contributed by atoms with Gasteiger partial charge in [0.05, 0.1) is 13.2 Å². The molecule has 0 bridgehead atoms. The molecule has 22 heavy (non-hydrogen) atoms. The van der Waals surface area contributed by atoms with Gasteiger partial charge in [0.2, 0.25) is 0 Å². The van der Waals surface area contributed by atoms with Crippen LogP contribution >= 0.6 is 0 Å². The molecule has 2 aromatic carbocycles. The van der Waals surface area contributed by atoms with E-state index in [0.29, 0.717) is 0 Å². The number of benzene rings is 2. The molecule has 1 aromatic heterocycles. The van der Waals surface area contributed by atoms with Gasteiger partial charge in [0.1, 0.15) is 0 Å². The van der Waals surface area contributed by atoms with Crippen molar-refractivity contribution < 1.29 is 4.74 Å². The summed E-state index contributed by atoms with van der Waals surface area (Å²) in [6.45, 7) is 4.55. The highest BCUT2D eigenvalue weighted by molar-refractivity contribution is 5.80. The Balaban J connectivity index is 1.53. The van der Waals surface area contributed by atoms with Crippen LogP contribution in [-0.2, 0) is 11.3 Å². The summed E-state index contributed by atoms with van der Waals surface area (Å²) >= 11 is 0. The summed E-state index contributed by atoms with van der Waals surface area (Å²) in [5.74, 6) is 0. The van der Waals surface area contributed by atoms with Gasteiger partial charge < -0.3 is 14.2 Å². The predicted molar refractivity (Wildman–Crippen MR) is 90.5 cm³/mol. The minimum atomic E-state index is 0.830. The predicted octanol–water partition coefficient (Wildman–Crippen LogP) is 3.53. The van der Waals surface area contributed by atoms with Crippen LogP contribution in [0.15, 0.2) is 60.8 Å². The molecule has 0 saturated carbocycles. The maximum Gasteiger partial charge on any atom is 0.0642 e. The standard InChI is InChI=1S/C19H20N2O/c1-2-4-19-17(3-1)9-10-21(19)15-16-5-7-18(8-6-16)20-11-13-22-14-12-20/h1-10H,11-15H2. The first-order chi connectivity index (χ1) is 10.9. The van der Waals surface area contributed by atoms with Crippen molar-refractivity contribution >= 4 is 16.6 Å². The number of para-hydroxylation sites is 1. The molecule has 4 rings (SSSR count). The molecule has 112 valence electrons. The second-order valence-electron chi connectivity index (χ2n) is 5.77. The first kappa shape index (κ1) is 13.4. The molecular weight excluding hydrogens is 272 g/mol. The zero-order valence-corrected chi connectivity index (χ0v) is 12.6. The van der Waals surface area contributed by atoms with E-state index in [-0.39, 0.29) is 0 Å². The minimum absolute atomic E-state index is 0.830. The van der Waals surface area contributed by atoms with E-state index in [1.807, 2.05) is 0 Å². The maximum absolute atomic E-state index is 5.41. The lowest BCUT2D eigenvalue weighted by Crippen LogP contribution is -2.36. The van der Waals surface area contributed by atoms with Crippen LogP contribution in [0.5, 0.6) is 0 Å². The van der Waals surface area contributed by atoms with Gasteiger partial charge in [0.15, 0.2) is 0 Å². The summed E-state index contributed by atoms with van der Waals surface area (Å²) in [5.41, 5.74) is 3.92. The summed E-state index contributed by atoms with van der Waals surface area (Å²) in [4.78, 5) is 2.39. The second kappa shape index (κ2) is 5.85. The van der Waals surface area contributed by atoms with Gasteiger partial charge in [-0.2, -0.15) is 0 Å². The lowest BCUT2D eigenvalue weighted by molar-refractivity contribution is 0.122. The number of rotatable bonds is 3. The number of fused-ring (bicyclic) bond motifs is 1. The van der Waals surface area contributed by atoms with Gasteiger partial charge in [-0.15, -0.1) is 0 Å². The molecule has 0 spiro atoms. The number of morpholine rings is 1. The van der Waals surface area contributed by atoms with Gasteiger partial charge in [-0.25, -0.2) is 0 Å². The Hall–Kier alpha value is -2.26. The number of anilines is 1. The van der Waals surface area contributed by atoms with Crippen LogP contribution < -0.4 is 4.90 Å². The van der Waals surface area contributed by atoms with Crippen LogP contribution in [0.3, 0.4) is 0 Å². The van der Waals surface area contributed by atoms with Crippen molar-refractivity contribution in [2.24, 2.45) is 0 Å². The molecule has 3 heteroatoms. The molecule has 1 fully saturated rings. The highest BCUT2D eigenvalue weighted by Crippen LogP contribution is 2.20. The van der Waals surface area contributed by atoms with Gasteiger partial charge in [-0.1, -0.05) is 30.3 Å². The highest BCUT2D eigenvalue weighted by Gasteiger charge is 2.10. The van der Waals surface area contributed by atoms with Crippen molar-refractivity contribution in [3.05, 3.63) is 66.4 Å². The third-order valence-electron chi connectivity index (χ3n) is 4.35. The fourth-order valence-electron chi connectivity index (χ4n) is 3.11. The monoisotopic (exact) mass is 292 g/mol. The van der Waals surface area contributed by atoms with Gasteiger partial charge in [0.25, 0.3) is 0 Å². The molecule has 0 radical (unpaired) electrons.